The maximum Gasteiger partial charge on any atom is 0.287 e. The van der Waals surface area contributed by atoms with Gasteiger partial charge in [-0.25, -0.2) is 4.98 Å². The number of carbonyl (C=O) groups excluding carboxylic acids is 1. The molecule has 2 heterocycles. The van der Waals surface area contributed by atoms with Crippen LogP contribution in [0, 0.1) is 10.1 Å². The van der Waals surface area contributed by atoms with E-state index in [1.165, 1.54) is 12.3 Å². The highest BCUT2D eigenvalue weighted by atomic mass is 79.9. The largest absolute Gasteiger partial charge is 0.353 e. The first-order valence-electron chi connectivity index (χ1n) is 8.54. The van der Waals surface area contributed by atoms with Crippen molar-refractivity contribution in [2.75, 3.05) is 36.8 Å². The van der Waals surface area contributed by atoms with Crippen LogP contribution in [0.1, 0.15) is 6.42 Å². The minimum absolute atomic E-state index is 0.0177. The predicted molar refractivity (Wildman–Crippen MR) is 109 cm³/mol. The first kappa shape index (κ1) is 19.6. The Morgan fingerprint density at radius 1 is 1.15 bits per heavy atom. The number of hydrogen-bond donors (Lipinski definition) is 0. The number of nitrogens with zero attached hydrogens (tertiary/aromatic N) is 4. The second kappa shape index (κ2) is 9.18. The summed E-state index contributed by atoms with van der Waals surface area (Å²) in [4.78, 5) is 31.9. The average molecular weight is 451 g/mol. The summed E-state index contributed by atoms with van der Waals surface area (Å²) < 4.78 is 1.04. The van der Waals surface area contributed by atoms with Crippen molar-refractivity contribution in [1.82, 2.24) is 9.88 Å². The summed E-state index contributed by atoms with van der Waals surface area (Å²) in [6, 6.07) is 11.2. The van der Waals surface area contributed by atoms with Crippen LogP contribution in [0.15, 0.2) is 52.0 Å². The van der Waals surface area contributed by atoms with Gasteiger partial charge in [0.25, 0.3) is 5.69 Å². The Hall–Kier alpha value is -2.13. The van der Waals surface area contributed by atoms with Crippen LogP contribution in [-0.4, -0.2) is 52.6 Å². The first-order chi connectivity index (χ1) is 13.0. The van der Waals surface area contributed by atoms with Gasteiger partial charge in [-0.15, -0.1) is 11.8 Å². The molecule has 1 fully saturated rings. The lowest BCUT2D eigenvalue weighted by Crippen LogP contribution is -2.49. The lowest BCUT2D eigenvalue weighted by molar-refractivity contribution is -0.385. The number of hydrogen-bond acceptors (Lipinski definition) is 6. The molecule has 9 heteroatoms. The van der Waals surface area contributed by atoms with Crippen molar-refractivity contribution >= 4 is 45.1 Å². The fourth-order valence-electron chi connectivity index (χ4n) is 2.80. The van der Waals surface area contributed by atoms with Gasteiger partial charge < -0.3 is 9.80 Å². The smallest absolute Gasteiger partial charge is 0.287 e. The van der Waals surface area contributed by atoms with Gasteiger partial charge in [0, 0.05) is 53.8 Å². The number of halogens is 1. The Morgan fingerprint density at radius 2 is 1.85 bits per heavy atom. The summed E-state index contributed by atoms with van der Waals surface area (Å²) in [5, 5.41) is 10.7. The molecule has 1 aromatic heterocycles. The number of amides is 1. The van der Waals surface area contributed by atoms with Crippen LogP contribution < -0.4 is 4.90 Å². The Morgan fingerprint density at radius 3 is 2.44 bits per heavy atom. The van der Waals surface area contributed by atoms with Crippen LogP contribution in [0.25, 0.3) is 0 Å². The molecule has 1 amide bonds. The van der Waals surface area contributed by atoms with E-state index in [4.69, 9.17) is 0 Å². The molecule has 1 aromatic carbocycles. The highest BCUT2D eigenvalue weighted by molar-refractivity contribution is 9.10. The van der Waals surface area contributed by atoms with E-state index in [9.17, 15) is 14.9 Å². The minimum Gasteiger partial charge on any atom is -0.353 e. The third-order valence-corrected chi connectivity index (χ3v) is 5.84. The molecule has 142 valence electrons. The number of rotatable bonds is 6. The molecule has 1 aliphatic heterocycles. The van der Waals surface area contributed by atoms with Crippen molar-refractivity contribution in [3.8, 4) is 0 Å². The lowest BCUT2D eigenvalue weighted by atomic mass is 10.2. The summed E-state index contributed by atoms with van der Waals surface area (Å²) in [7, 11) is 0. The molecule has 2 aromatic rings. The van der Waals surface area contributed by atoms with Crippen LogP contribution in [0.3, 0.4) is 0 Å². The first-order valence-corrected chi connectivity index (χ1v) is 10.3. The number of pyridine rings is 1. The molecular weight excluding hydrogens is 432 g/mol. The van der Waals surface area contributed by atoms with E-state index >= 15 is 0 Å². The van der Waals surface area contributed by atoms with Crippen LogP contribution in [-0.2, 0) is 4.79 Å². The van der Waals surface area contributed by atoms with Crippen molar-refractivity contribution in [1.29, 1.82) is 0 Å². The van der Waals surface area contributed by atoms with Crippen LogP contribution in [0.2, 0.25) is 0 Å². The van der Waals surface area contributed by atoms with Crippen molar-refractivity contribution in [2.45, 2.75) is 11.3 Å². The van der Waals surface area contributed by atoms with E-state index in [2.05, 4.69) is 20.9 Å². The molecule has 0 aliphatic carbocycles. The maximum absolute atomic E-state index is 12.4. The van der Waals surface area contributed by atoms with Crippen molar-refractivity contribution in [3.63, 3.8) is 0 Å². The third kappa shape index (κ3) is 5.43. The van der Waals surface area contributed by atoms with E-state index in [1.807, 2.05) is 34.1 Å². The van der Waals surface area contributed by atoms with Gasteiger partial charge >= 0.3 is 0 Å². The van der Waals surface area contributed by atoms with Gasteiger partial charge in [-0.3, -0.25) is 14.9 Å². The van der Waals surface area contributed by atoms with E-state index in [-0.39, 0.29) is 11.6 Å². The maximum atomic E-state index is 12.4. The van der Waals surface area contributed by atoms with E-state index in [0.717, 1.165) is 15.1 Å². The Labute approximate surface area is 170 Å². The van der Waals surface area contributed by atoms with Gasteiger partial charge in [-0.2, -0.15) is 0 Å². The number of piperazine rings is 1. The molecule has 0 radical (unpaired) electrons. The quantitative estimate of drug-likeness (QED) is 0.380. The molecule has 0 saturated carbocycles. The molecule has 3 rings (SSSR count). The highest BCUT2D eigenvalue weighted by Gasteiger charge is 2.22. The second-order valence-corrected chi connectivity index (χ2v) is 8.14. The van der Waals surface area contributed by atoms with Gasteiger partial charge in [0.15, 0.2) is 0 Å². The Balaban J connectivity index is 1.43. The molecule has 0 N–H and O–H groups in total. The fourth-order valence-corrected chi connectivity index (χ4v) is 3.91. The van der Waals surface area contributed by atoms with E-state index in [0.29, 0.717) is 38.4 Å². The third-order valence-electron chi connectivity index (χ3n) is 4.30. The summed E-state index contributed by atoms with van der Waals surface area (Å²) in [5.41, 5.74) is -0.0177. The summed E-state index contributed by atoms with van der Waals surface area (Å²) >= 11 is 5.09. The summed E-state index contributed by atoms with van der Waals surface area (Å²) in [5.74, 6) is 1.62. The number of carbonyl (C=O) groups is 1. The number of aromatic nitrogens is 1. The summed E-state index contributed by atoms with van der Waals surface area (Å²) in [6.45, 7) is 2.63. The molecule has 0 bridgehead atoms. The normalized spacial score (nSPS) is 14.3. The number of nitro groups is 1. The minimum atomic E-state index is -0.459. The van der Waals surface area contributed by atoms with E-state index < -0.39 is 4.92 Å². The molecule has 1 saturated heterocycles. The summed E-state index contributed by atoms with van der Waals surface area (Å²) in [6.07, 6.45) is 1.78. The van der Waals surface area contributed by atoms with Gasteiger partial charge in [0.05, 0.1) is 4.92 Å². The van der Waals surface area contributed by atoms with Crippen LogP contribution in [0.5, 0.6) is 0 Å². The Bertz CT molecular complexity index is 793. The number of anilines is 1. The standard InChI is InChI=1S/C18H19BrN4O3S/c19-14-1-4-16(5-2-14)27-12-7-18(24)22-10-8-21(9-11-22)17-6-3-15(13-20-17)23(25)26/h1-6,13H,7-12H2. The molecule has 0 atom stereocenters. The average Bonchev–Trinajstić information content (AvgIpc) is 2.69. The Kier molecular flexibility index (Phi) is 6.68. The zero-order valence-electron chi connectivity index (χ0n) is 14.6. The molecule has 0 spiro atoms. The highest BCUT2D eigenvalue weighted by Crippen LogP contribution is 2.22. The topological polar surface area (TPSA) is 79.6 Å². The van der Waals surface area contributed by atoms with Crippen molar-refractivity contribution in [2.24, 2.45) is 0 Å². The monoisotopic (exact) mass is 450 g/mol. The lowest BCUT2D eigenvalue weighted by Gasteiger charge is -2.35. The SMILES string of the molecule is O=C(CCSc1ccc(Br)cc1)N1CCN(c2ccc([N+](=O)[O-])cn2)CC1. The number of thioether (sulfide) groups is 1. The van der Waals surface area contributed by atoms with Gasteiger partial charge in [0.2, 0.25) is 5.91 Å². The molecular formula is C18H19BrN4O3S. The molecule has 1 aliphatic rings. The molecule has 0 unspecified atom stereocenters. The van der Waals surface area contributed by atoms with Gasteiger partial charge in [0.1, 0.15) is 12.0 Å². The predicted octanol–water partition coefficient (Wildman–Crippen LogP) is 3.58. The number of benzene rings is 1. The second-order valence-electron chi connectivity index (χ2n) is 6.05. The van der Waals surface area contributed by atoms with Crippen molar-refractivity contribution in [3.05, 3.63) is 57.2 Å². The van der Waals surface area contributed by atoms with Gasteiger partial charge in [-0.1, -0.05) is 15.9 Å². The molecule has 27 heavy (non-hydrogen) atoms. The van der Waals surface area contributed by atoms with Crippen molar-refractivity contribution < 1.29 is 9.72 Å². The van der Waals surface area contributed by atoms with Gasteiger partial charge in [-0.05, 0) is 30.3 Å². The zero-order valence-corrected chi connectivity index (χ0v) is 17.0. The van der Waals surface area contributed by atoms with E-state index in [1.54, 1.807) is 17.8 Å². The molecule has 7 nitrogen and oxygen atoms in total. The van der Waals surface area contributed by atoms with Crippen LogP contribution in [0.4, 0.5) is 11.5 Å². The zero-order chi connectivity index (χ0) is 19.2. The van der Waals surface area contributed by atoms with Crippen LogP contribution >= 0.6 is 27.7 Å². The fraction of sp³-hybridized carbons (Fsp3) is 0.333.